The molecule has 2 rings (SSSR count). The van der Waals surface area contributed by atoms with Crippen LogP contribution in [-0.2, 0) is 14.8 Å². The first-order valence-corrected chi connectivity index (χ1v) is 9.77. The quantitative estimate of drug-likeness (QED) is 0.792. The van der Waals surface area contributed by atoms with Crippen LogP contribution in [0.1, 0.15) is 12.8 Å². The summed E-state index contributed by atoms with van der Waals surface area (Å²) in [6.45, 7) is 0.00774. The minimum Gasteiger partial charge on any atom is -0.326 e. The van der Waals surface area contributed by atoms with Gasteiger partial charge in [0.05, 0.1) is 11.9 Å². The van der Waals surface area contributed by atoms with Gasteiger partial charge in [0.1, 0.15) is 5.82 Å². The van der Waals surface area contributed by atoms with E-state index < -0.39 is 15.8 Å². The van der Waals surface area contributed by atoms with Crippen LogP contribution >= 0.6 is 11.6 Å². The number of para-hydroxylation sites is 1. The first-order valence-electron chi connectivity index (χ1n) is 7.55. The zero-order valence-electron chi connectivity index (χ0n) is 13.6. The molecule has 2 aromatic carbocycles. The van der Waals surface area contributed by atoms with E-state index in [4.69, 9.17) is 11.6 Å². The van der Waals surface area contributed by atoms with Gasteiger partial charge in [-0.3, -0.25) is 9.10 Å². The molecule has 0 aliphatic heterocycles. The number of nitrogens with one attached hydrogen (secondary N) is 1. The molecule has 0 bridgehead atoms. The highest BCUT2D eigenvalue weighted by molar-refractivity contribution is 7.92. The molecular formula is C17H18ClFN2O3S. The van der Waals surface area contributed by atoms with Crippen molar-refractivity contribution in [3.63, 3.8) is 0 Å². The Balaban J connectivity index is 1.96. The van der Waals surface area contributed by atoms with E-state index in [9.17, 15) is 17.6 Å². The predicted molar refractivity (Wildman–Crippen MR) is 97.9 cm³/mol. The summed E-state index contributed by atoms with van der Waals surface area (Å²) in [4.78, 5) is 11.9. The average Bonchev–Trinajstić information content (AvgIpc) is 2.54. The average molecular weight is 385 g/mol. The first-order chi connectivity index (χ1) is 11.8. The number of anilines is 2. The Bertz CT molecular complexity index is 841. The minimum absolute atomic E-state index is 0.00774. The fourth-order valence-electron chi connectivity index (χ4n) is 2.26. The molecule has 25 heavy (non-hydrogen) atoms. The Kier molecular flexibility index (Phi) is 6.39. The molecule has 0 aliphatic carbocycles. The number of sulfonamides is 1. The third-order valence-electron chi connectivity index (χ3n) is 3.41. The molecule has 0 atom stereocenters. The summed E-state index contributed by atoms with van der Waals surface area (Å²) in [7, 11) is -3.66. The van der Waals surface area contributed by atoms with Crippen LogP contribution in [-0.4, -0.2) is 27.1 Å². The van der Waals surface area contributed by atoms with Crippen LogP contribution in [0, 0.1) is 5.82 Å². The van der Waals surface area contributed by atoms with Crippen molar-refractivity contribution in [1.82, 2.24) is 0 Å². The van der Waals surface area contributed by atoms with Crippen LogP contribution in [0.4, 0.5) is 15.8 Å². The van der Waals surface area contributed by atoms with Crippen molar-refractivity contribution in [2.24, 2.45) is 0 Å². The van der Waals surface area contributed by atoms with E-state index in [0.29, 0.717) is 10.7 Å². The van der Waals surface area contributed by atoms with Gasteiger partial charge in [0.2, 0.25) is 15.9 Å². The van der Waals surface area contributed by atoms with Crippen molar-refractivity contribution in [2.75, 3.05) is 22.4 Å². The highest BCUT2D eigenvalue weighted by Crippen LogP contribution is 2.22. The number of benzene rings is 2. The van der Waals surface area contributed by atoms with Gasteiger partial charge in [0.15, 0.2) is 0 Å². The summed E-state index contributed by atoms with van der Waals surface area (Å²) in [5.41, 5.74) is 0.576. The van der Waals surface area contributed by atoms with Gasteiger partial charge in [-0.1, -0.05) is 23.7 Å². The molecule has 5 nitrogen and oxygen atoms in total. The molecule has 0 saturated carbocycles. The minimum atomic E-state index is -3.66. The standard InChI is InChI=1S/C17H18ClFN2O3S/c1-25(23,24)21(16-6-3-2-5-15(16)19)12-4-7-17(22)20-14-10-8-13(18)9-11-14/h2-3,5-6,8-11H,4,7,12H2,1H3,(H,20,22). The fourth-order valence-corrected chi connectivity index (χ4v) is 3.35. The molecule has 1 N–H and O–H groups in total. The summed E-state index contributed by atoms with van der Waals surface area (Å²) < 4.78 is 38.7. The van der Waals surface area contributed by atoms with E-state index in [2.05, 4.69) is 5.32 Å². The van der Waals surface area contributed by atoms with Gasteiger partial charge >= 0.3 is 0 Å². The maximum atomic E-state index is 13.9. The van der Waals surface area contributed by atoms with Crippen molar-refractivity contribution in [3.8, 4) is 0 Å². The Labute approximate surface area is 151 Å². The SMILES string of the molecule is CS(=O)(=O)N(CCCC(=O)Nc1ccc(Cl)cc1)c1ccccc1F. The van der Waals surface area contributed by atoms with Crippen molar-refractivity contribution in [3.05, 3.63) is 59.4 Å². The van der Waals surface area contributed by atoms with Crippen molar-refractivity contribution >= 4 is 38.9 Å². The third-order valence-corrected chi connectivity index (χ3v) is 4.85. The summed E-state index contributed by atoms with van der Waals surface area (Å²) in [5.74, 6) is -0.886. The summed E-state index contributed by atoms with van der Waals surface area (Å²) in [6, 6.07) is 12.3. The molecule has 0 radical (unpaired) electrons. The fraction of sp³-hybridized carbons (Fsp3) is 0.235. The molecule has 0 unspecified atom stereocenters. The Morgan fingerprint density at radius 3 is 2.40 bits per heavy atom. The molecule has 2 aromatic rings. The van der Waals surface area contributed by atoms with Crippen LogP contribution < -0.4 is 9.62 Å². The van der Waals surface area contributed by atoms with Gasteiger partial charge in [0, 0.05) is 23.7 Å². The zero-order valence-corrected chi connectivity index (χ0v) is 15.1. The first kappa shape index (κ1) is 19.2. The lowest BCUT2D eigenvalue weighted by molar-refractivity contribution is -0.116. The number of hydrogen-bond acceptors (Lipinski definition) is 3. The van der Waals surface area contributed by atoms with E-state index >= 15 is 0 Å². The van der Waals surface area contributed by atoms with Crippen molar-refractivity contribution in [1.29, 1.82) is 0 Å². The number of nitrogens with zero attached hydrogens (tertiary/aromatic N) is 1. The normalized spacial score (nSPS) is 11.2. The van der Waals surface area contributed by atoms with Gasteiger partial charge in [-0.25, -0.2) is 12.8 Å². The van der Waals surface area contributed by atoms with Crippen LogP contribution in [0.2, 0.25) is 5.02 Å². The van der Waals surface area contributed by atoms with Crippen LogP contribution in [0.5, 0.6) is 0 Å². The monoisotopic (exact) mass is 384 g/mol. The molecule has 0 spiro atoms. The molecule has 0 saturated heterocycles. The van der Waals surface area contributed by atoms with Gasteiger partial charge in [-0.15, -0.1) is 0 Å². The summed E-state index contributed by atoms with van der Waals surface area (Å²) >= 11 is 5.77. The Morgan fingerprint density at radius 2 is 1.80 bits per heavy atom. The second-order valence-electron chi connectivity index (χ2n) is 5.45. The number of carbonyl (C=O) groups excluding carboxylic acids is 1. The molecule has 0 aliphatic rings. The number of rotatable bonds is 7. The smallest absolute Gasteiger partial charge is 0.232 e. The zero-order chi connectivity index (χ0) is 18.4. The second kappa shape index (κ2) is 8.31. The number of carbonyl (C=O) groups is 1. The molecule has 0 aromatic heterocycles. The third kappa shape index (κ3) is 5.72. The highest BCUT2D eigenvalue weighted by atomic mass is 35.5. The van der Waals surface area contributed by atoms with E-state index in [1.165, 1.54) is 18.2 Å². The van der Waals surface area contributed by atoms with Gasteiger partial charge < -0.3 is 5.32 Å². The molecule has 0 heterocycles. The van der Waals surface area contributed by atoms with E-state index in [-0.39, 0.29) is 31.0 Å². The second-order valence-corrected chi connectivity index (χ2v) is 7.79. The summed E-state index contributed by atoms with van der Waals surface area (Å²) in [6.07, 6.45) is 1.36. The van der Waals surface area contributed by atoms with E-state index in [0.717, 1.165) is 10.6 Å². The van der Waals surface area contributed by atoms with Gasteiger partial charge in [0.25, 0.3) is 0 Å². The Hall–Kier alpha value is -2.12. The maximum absolute atomic E-state index is 13.9. The number of halogens is 2. The molecular weight excluding hydrogens is 367 g/mol. The number of amides is 1. The topological polar surface area (TPSA) is 66.5 Å². The Morgan fingerprint density at radius 1 is 1.16 bits per heavy atom. The van der Waals surface area contributed by atoms with Crippen molar-refractivity contribution in [2.45, 2.75) is 12.8 Å². The lowest BCUT2D eigenvalue weighted by Gasteiger charge is -2.22. The summed E-state index contributed by atoms with van der Waals surface area (Å²) in [5, 5.41) is 3.25. The largest absolute Gasteiger partial charge is 0.326 e. The van der Waals surface area contributed by atoms with Gasteiger partial charge in [-0.05, 0) is 42.8 Å². The van der Waals surface area contributed by atoms with Crippen LogP contribution in [0.15, 0.2) is 48.5 Å². The van der Waals surface area contributed by atoms with E-state index in [1.54, 1.807) is 30.3 Å². The van der Waals surface area contributed by atoms with Crippen LogP contribution in [0.25, 0.3) is 0 Å². The van der Waals surface area contributed by atoms with E-state index in [1.807, 2.05) is 0 Å². The maximum Gasteiger partial charge on any atom is 0.232 e. The lowest BCUT2D eigenvalue weighted by atomic mass is 10.2. The lowest BCUT2D eigenvalue weighted by Crippen LogP contribution is -2.32. The predicted octanol–water partition coefficient (Wildman–Crippen LogP) is 3.66. The number of hydrogen-bond donors (Lipinski definition) is 1. The molecule has 134 valence electrons. The van der Waals surface area contributed by atoms with Crippen molar-refractivity contribution < 1.29 is 17.6 Å². The molecule has 0 fully saturated rings. The van der Waals surface area contributed by atoms with Gasteiger partial charge in [-0.2, -0.15) is 0 Å². The highest BCUT2D eigenvalue weighted by Gasteiger charge is 2.20. The molecule has 8 heteroatoms. The van der Waals surface area contributed by atoms with Crippen LogP contribution in [0.3, 0.4) is 0 Å². The molecule has 1 amide bonds.